The highest BCUT2D eigenvalue weighted by atomic mass is 16.4. The van der Waals surface area contributed by atoms with Gasteiger partial charge in [-0.25, -0.2) is 0 Å². The molecule has 1 saturated heterocycles. The van der Waals surface area contributed by atoms with E-state index < -0.39 is 0 Å². The summed E-state index contributed by atoms with van der Waals surface area (Å²) in [6.45, 7) is 9.52. The molecule has 0 aromatic heterocycles. The van der Waals surface area contributed by atoms with Crippen LogP contribution in [-0.4, -0.2) is 46.9 Å². The first-order valence-corrected chi connectivity index (χ1v) is 6.74. The van der Waals surface area contributed by atoms with Gasteiger partial charge in [-0.3, -0.25) is 9.69 Å². The van der Waals surface area contributed by atoms with E-state index in [4.69, 9.17) is 5.21 Å². The van der Waals surface area contributed by atoms with E-state index in [0.29, 0.717) is 0 Å². The molecule has 1 aliphatic rings. The fourth-order valence-electron chi connectivity index (χ4n) is 2.36. The maximum atomic E-state index is 12.0. The second kappa shape index (κ2) is 6.73. The van der Waals surface area contributed by atoms with Crippen LogP contribution in [0.3, 0.4) is 0 Å². The molecule has 1 heterocycles. The van der Waals surface area contributed by atoms with E-state index in [9.17, 15) is 4.79 Å². The van der Waals surface area contributed by atoms with Crippen LogP contribution in [0.1, 0.15) is 40.5 Å². The van der Waals surface area contributed by atoms with E-state index >= 15 is 0 Å². The van der Waals surface area contributed by atoms with Crippen molar-refractivity contribution in [2.75, 3.05) is 13.1 Å². The van der Waals surface area contributed by atoms with Crippen molar-refractivity contribution in [3.63, 3.8) is 0 Å². The Labute approximate surface area is 109 Å². The molecule has 2 N–H and O–H groups in total. The molecule has 0 radical (unpaired) electrons. The van der Waals surface area contributed by atoms with E-state index in [1.807, 2.05) is 20.8 Å². The molecule has 18 heavy (non-hydrogen) atoms. The normalized spacial score (nSPS) is 25.4. The standard InChI is InChI=1S/C13H25N3O2/c1-5-11-8-16(7-6-12(11)15-18)10(4)13(17)14-9(2)3/h9-11,18H,5-8H2,1-4H3,(H,14,17). The third kappa shape index (κ3) is 3.70. The van der Waals surface area contributed by atoms with Crippen molar-refractivity contribution in [1.82, 2.24) is 10.2 Å². The molecule has 2 unspecified atom stereocenters. The van der Waals surface area contributed by atoms with Crippen LogP contribution in [0.2, 0.25) is 0 Å². The van der Waals surface area contributed by atoms with E-state index in [0.717, 1.165) is 31.6 Å². The van der Waals surface area contributed by atoms with E-state index in [-0.39, 0.29) is 23.9 Å². The first-order valence-electron chi connectivity index (χ1n) is 6.74. The summed E-state index contributed by atoms with van der Waals surface area (Å²) >= 11 is 0. The Morgan fingerprint density at radius 3 is 2.72 bits per heavy atom. The van der Waals surface area contributed by atoms with Crippen molar-refractivity contribution < 1.29 is 10.0 Å². The van der Waals surface area contributed by atoms with Gasteiger partial charge >= 0.3 is 0 Å². The van der Waals surface area contributed by atoms with Gasteiger partial charge in [-0.1, -0.05) is 12.1 Å². The molecule has 0 saturated carbocycles. The van der Waals surface area contributed by atoms with E-state index in [1.54, 1.807) is 0 Å². The van der Waals surface area contributed by atoms with E-state index in [1.165, 1.54) is 0 Å². The zero-order valence-corrected chi connectivity index (χ0v) is 11.8. The van der Waals surface area contributed by atoms with Gasteiger partial charge in [-0.2, -0.15) is 0 Å². The van der Waals surface area contributed by atoms with Crippen LogP contribution in [-0.2, 0) is 4.79 Å². The van der Waals surface area contributed by atoms with Crippen LogP contribution in [0.25, 0.3) is 0 Å². The first kappa shape index (κ1) is 15.0. The van der Waals surface area contributed by atoms with Crippen LogP contribution < -0.4 is 5.32 Å². The van der Waals surface area contributed by atoms with Gasteiger partial charge in [0.25, 0.3) is 0 Å². The Morgan fingerprint density at radius 2 is 2.22 bits per heavy atom. The second-order valence-electron chi connectivity index (χ2n) is 5.28. The van der Waals surface area contributed by atoms with Gasteiger partial charge in [0.05, 0.1) is 11.8 Å². The number of nitrogens with one attached hydrogen (secondary N) is 1. The fraction of sp³-hybridized carbons (Fsp3) is 0.846. The third-order valence-corrected chi connectivity index (χ3v) is 3.56. The lowest BCUT2D eigenvalue weighted by Crippen LogP contribution is -2.52. The maximum Gasteiger partial charge on any atom is 0.237 e. The van der Waals surface area contributed by atoms with Crippen molar-refractivity contribution in [1.29, 1.82) is 0 Å². The molecule has 0 bridgehead atoms. The SMILES string of the molecule is CCC1CN(C(C)C(=O)NC(C)C)CCC1=NO. The molecule has 0 spiro atoms. The van der Waals surface area contributed by atoms with Crippen LogP contribution in [0.4, 0.5) is 0 Å². The smallest absolute Gasteiger partial charge is 0.237 e. The van der Waals surface area contributed by atoms with Gasteiger partial charge in [0.1, 0.15) is 0 Å². The summed E-state index contributed by atoms with van der Waals surface area (Å²) < 4.78 is 0. The van der Waals surface area contributed by atoms with E-state index in [2.05, 4.69) is 22.3 Å². The molecule has 0 aliphatic carbocycles. The van der Waals surface area contributed by atoms with Gasteiger partial charge in [0, 0.05) is 31.5 Å². The molecular formula is C13H25N3O2. The van der Waals surface area contributed by atoms with Crippen LogP contribution in [0.15, 0.2) is 5.16 Å². The van der Waals surface area contributed by atoms with Gasteiger partial charge < -0.3 is 10.5 Å². The van der Waals surface area contributed by atoms with Crippen LogP contribution >= 0.6 is 0 Å². The number of rotatable bonds is 4. The molecule has 0 aromatic carbocycles. The second-order valence-corrected chi connectivity index (χ2v) is 5.28. The highest BCUT2D eigenvalue weighted by Crippen LogP contribution is 2.19. The zero-order chi connectivity index (χ0) is 13.7. The van der Waals surface area contributed by atoms with Crippen molar-refractivity contribution in [3.8, 4) is 0 Å². The molecule has 1 amide bonds. The van der Waals surface area contributed by atoms with Crippen LogP contribution in [0.5, 0.6) is 0 Å². The predicted octanol–water partition coefficient (Wildman–Crippen LogP) is 1.46. The number of nitrogens with zero attached hydrogens (tertiary/aromatic N) is 2. The largest absolute Gasteiger partial charge is 0.411 e. The summed E-state index contributed by atoms with van der Waals surface area (Å²) in [4.78, 5) is 14.1. The summed E-state index contributed by atoms with van der Waals surface area (Å²) in [7, 11) is 0. The van der Waals surface area contributed by atoms with Crippen molar-refractivity contribution in [3.05, 3.63) is 0 Å². The Hall–Kier alpha value is -1.10. The summed E-state index contributed by atoms with van der Waals surface area (Å²) in [5.41, 5.74) is 0.866. The number of piperidine rings is 1. The van der Waals surface area contributed by atoms with Gasteiger partial charge in [0.15, 0.2) is 0 Å². The summed E-state index contributed by atoms with van der Waals surface area (Å²) in [5, 5.41) is 15.2. The number of oxime groups is 1. The lowest BCUT2D eigenvalue weighted by molar-refractivity contribution is -0.126. The lowest BCUT2D eigenvalue weighted by atomic mass is 9.92. The van der Waals surface area contributed by atoms with Crippen LogP contribution in [0, 0.1) is 5.92 Å². The highest BCUT2D eigenvalue weighted by Gasteiger charge is 2.30. The molecule has 1 fully saturated rings. The number of carbonyl (C=O) groups is 1. The zero-order valence-electron chi connectivity index (χ0n) is 11.8. The molecule has 1 aliphatic heterocycles. The third-order valence-electron chi connectivity index (χ3n) is 3.56. The monoisotopic (exact) mass is 255 g/mol. The average molecular weight is 255 g/mol. The number of carbonyl (C=O) groups excluding carboxylic acids is 1. The summed E-state index contributed by atoms with van der Waals surface area (Å²) in [6.07, 6.45) is 1.68. The maximum absolute atomic E-state index is 12.0. The minimum Gasteiger partial charge on any atom is -0.411 e. The van der Waals surface area contributed by atoms with Crippen molar-refractivity contribution in [2.24, 2.45) is 11.1 Å². The fourth-order valence-corrected chi connectivity index (χ4v) is 2.36. The summed E-state index contributed by atoms with van der Waals surface area (Å²) in [6, 6.07) is 0.0444. The number of likely N-dealkylation sites (tertiary alicyclic amines) is 1. The summed E-state index contributed by atoms with van der Waals surface area (Å²) in [5.74, 6) is 0.335. The average Bonchev–Trinajstić information content (AvgIpc) is 2.36. The predicted molar refractivity (Wildman–Crippen MR) is 71.9 cm³/mol. The van der Waals surface area contributed by atoms with Crippen molar-refractivity contribution in [2.45, 2.75) is 52.6 Å². The molecule has 5 nitrogen and oxygen atoms in total. The highest BCUT2D eigenvalue weighted by molar-refractivity contribution is 5.88. The Bertz CT molecular complexity index is 315. The number of hydrogen-bond acceptors (Lipinski definition) is 4. The molecule has 104 valence electrons. The minimum absolute atomic E-state index is 0.0734. The Kier molecular flexibility index (Phi) is 5.59. The molecular weight excluding hydrogens is 230 g/mol. The van der Waals surface area contributed by atoms with Gasteiger partial charge in [0.2, 0.25) is 5.91 Å². The molecule has 0 aromatic rings. The Morgan fingerprint density at radius 1 is 1.56 bits per heavy atom. The van der Waals surface area contributed by atoms with Gasteiger partial charge in [-0.15, -0.1) is 0 Å². The lowest BCUT2D eigenvalue weighted by Gasteiger charge is -2.36. The molecule has 2 atom stereocenters. The topological polar surface area (TPSA) is 64.9 Å². The van der Waals surface area contributed by atoms with Gasteiger partial charge in [-0.05, 0) is 27.2 Å². The van der Waals surface area contributed by atoms with Crippen molar-refractivity contribution >= 4 is 11.6 Å². The first-order chi connectivity index (χ1) is 8.49. The molecule has 1 rings (SSSR count). The minimum atomic E-state index is -0.123. The molecule has 5 heteroatoms. The quantitative estimate of drug-likeness (QED) is 0.590. The Balaban J connectivity index is 2.60. The number of hydrogen-bond donors (Lipinski definition) is 2. The number of amides is 1.